The molecule has 1 heterocycles. The molecule has 5 nitrogen and oxygen atoms in total. The Morgan fingerprint density at radius 1 is 0.857 bits per heavy atom. The summed E-state index contributed by atoms with van der Waals surface area (Å²) >= 11 is 0. The van der Waals surface area contributed by atoms with Gasteiger partial charge in [0.2, 0.25) is 0 Å². The van der Waals surface area contributed by atoms with Gasteiger partial charge in [-0.2, -0.15) is 0 Å². The largest absolute Gasteiger partial charge is 0.389 e. The first-order valence-corrected chi connectivity index (χ1v) is 12.8. The molecule has 178 valence electrons. The van der Waals surface area contributed by atoms with E-state index < -0.39 is 21.9 Å². The Morgan fingerprint density at radius 2 is 1.46 bits per heavy atom. The highest BCUT2D eigenvalue weighted by molar-refractivity contribution is 7.92. The molecule has 5 aromatic rings. The molecule has 0 aliphatic carbocycles. The molecule has 0 unspecified atom stereocenters. The summed E-state index contributed by atoms with van der Waals surface area (Å²) in [6.07, 6.45) is -1.01. The van der Waals surface area contributed by atoms with Crippen LogP contribution in [0.4, 0.5) is 10.1 Å². The van der Waals surface area contributed by atoms with Crippen LogP contribution in [0.2, 0.25) is 0 Å². The van der Waals surface area contributed by atoms with Crippen LogP contribution in [0.5, 0.6) is 0 Å². The van der Waals surface area contributed by atoms with Gasteiger partial charge in [0.25, 0.3) is 10.0 Å². The zero-order valence-electron chi connectivity index (χ0n) is 19.2. The SMILES string of the molecule is Cc1cccc(N(C[C@@H](O)Cn2c3ccccc3c3ccccc32)S(=O)(=O)c2ccc(F)cc2)c1. The Bertz CT molecular complexity index is 1560. The maximum Gasteiger partial charge on any atom is 0.264 e. The summed E-state index contributed by atoms with van der Waals surface area (Å²) in [6.45, 7) is 1.92. The number of aliphatic hydroxyl groups excluding tert-OH is 1. The molecule has 0 saturated carbocycles. The maximum atomic E-state index is 13.6. The lowest BCUT2D eigenvalue weighted by Gasteiger charge is -2.27. The molecular weight excluding hydrogens is 463 g/mol. The van der Waals surface area contributed by atoms with Crippen LogP contribution < -0.4 is 4.31 Å². The van der Waals surface area contributed by atoms with Gasteiger partial charge in [0, 0.05) is 21.8 Å². The van der Waals surface area contributed by atoms with Gasteiger partial charge in [0.15, 0.2) is 0 Å². The van der Waals surface area contributed by atoms with Crippen LogP contribution in [-0.2, 0) is 16.6 Å². The van der Waals surface area contributed by atoms with Gasteiger partial charge in [0.05, 0.1) is 29.8 Å². The number of rotatable bonds is 7. The molecule has 0 spiro atoms. The predicted molar refractivity (Wildman–Crippen MR) is 138 cm³/mol. The molecule has 0 bridgehead atoms. The van der Waals surface area contributed by atoms with E-state index in [1.165, 1.54) is 16.4 Å². The fourth-order valence-electron chi connectivity index (χ4n) is 4.52. The molecule has 1 aromatic heterocycles. The van der Waals surface area contributed by atoms with Crippen LogP contribution in [0, 0.1) is 12.7 Å². The number of aromatic nitrogens is 1. The summed E-state index contributed by atoms with van der Waals surface area (Å²) in [6, 6.07) is 27.7. The summed E-state index contributed by atoms with van der Waals surface area (Å²) in [5.41, 5.74) is 3.27. The Morgan fingerprint density at radius 3 is 2.06 bits per heavy atom. The predicted octanol–water partition coefficient (Wildman–Crippen LogP) is 5.50. The molecule has 1 N–H and O–H groups in total. The average molecular weight is 489 g/mol. The zero-order valence-corrected chi connectivity index (χ0v) is 20.0. The van der Waals surface area contributed by atoms with Crippen molar-refractivity contribution in [3.8, 4) is 0 Å². The minimum Gasteiger partial charge on any atom is -0.389 e. The van der Waals surface area contributed by atoms with Crippen LogP contribution in [0.1, 0.15) is 5.56 Å². The van der Waals surface area contributed by atoms with Gasteiger partial charge in [-0.25, -0.2) is 12.8 Å². The van der Waals surface area contributed by atoms with Crippen molar-refractivity contribution in [2.45, 2.75) is 24.5 Å². The number of fused-ring (bicyclic) bond motifs is 3. The molecule has 35 heavy (non-hydrogen) atoms. The van der Waals surface area contributed by atoms with E-state index >= 15 is 0 Å². The van der Waals surface area contributed by atoms with Crippen molar-refractivity contribution in [2.24, 2.45) is 0 Å². The van der Waals surface area contributed by atoms with Crippen molar-refractivity contribution >= 4 is 37.5 Å². The Labute approximate surface area is 203 Å². The molecule has 1 atom stereocenters. The second-order valence-corrected chi connectivity index (χ2v) is 10.5. The second kappa shape index (κ2) is 9.17. The van der Waals surface area contributed by atoms with Crippen LogP contribution in [0.3, 0.4) is 0 Å². The average Bonchev–Trinajstić information content (AvgIpc) is 3.16. The highest BCUT2D eigenvalue weighted by atomic mass is 32.2. The fourth-order valence-corrected chi connectivity index (χ4v) is 6.01. The quantitative estimate of drug-likeness (QED) is 0.329. The first-order valence-electron chi connectivity index (χ1n) is 11.3. The topological polar surface area (TPSA) is 62.5 Å². The van der Waals surface area contributed by atoms with Crippen molar-refractivity contribution in [1.29, 1.82) is 0 Å². The number of anilines is 1. The number of nitrogens with zero attached hydrogens (tertiary/aromatic N) is 2. The highest BCUT2D eigenvalue weighted by Gasteiger charge is 2.28. The van der Waals surface area contributed by atoms with Gasteiger partial charge in [-0.1, -0.05) is 48.5 Å². The van der Waals surface area contributed by atoms with Crippen LogP contribution in [0.15, 0.2) is 102 Å². The number of halogens is 1. The number of para-hydroxylation sites is 2. The van der Waals surface area contributed by atoms with E-state index in [1.807, 2.05) is 66.1 Å². The molecular formula is C28H25FN2O3S. The third kappa shape index (κ3) is 4.40. The van der Waals surface area contributed by atoms with Gasteiger partial charge >= 0.3 is 0 Å². The minimum atomic E-state index is -4.05. The minimum absolute atomic E-state index is 0.0375. The van der Waals surface area contributed by atoms with Gasteiger partial charge in [0.1, 0.15) is 5.82 Å². The molecule has 5 rings (SSSR count). The molecule has 0 aliphatic heterocycles. The Balaban J connectivity index is 1.53. The smallest absolute Gasteiger partial charge is 0.264 e. The first kappa shape index (κ1) is 23.1. The van der Waals surface area contributed by atoms with E-state index in [2.05, 4.69) is 0 Å². The van der Waals surface area contributed by atoms with Crippen molar-refractivity contribution < 1.29 is 17.9 Å². The Kier molecular flexibility index (Phi) is 6.05. The molecule has 0 amide bonds. The van der Waals surface area contributed by atoms with Gasteiger partial charge in [-0.05, 0) is 61.0 Å². The van der Waals surface area contributed by atoms with Crippen molar-refractivity contribution in [3.05, 3.63) is 108 Å². The van der Waals surface area contributed by atoms with Crippen molar-refractivity contribution in [3.63, 3.8) is 0 Å². The molecule has 4 aromatic carbocycles. The molecule has 0 aliphatic rings. The lowest BCUT2D eigenvalue weighted by atomic mass is 10.2. The highest BCUT2D eigenvalue weighted by Crippen LogP contribution is 2.30. The van der Waals surface area contributed by atoms with E-state index in [9.17, 15) is 17.9 Å². The van der Waals surface area contributed by atoms with Crippen LogP contribution in [0.25, 0.3) is 21.8 Å². The lowest BCUT2D eigenvalue weighted by Crippen LogP contribution is -2.39. The number of sulfonamides is 1. The van der Waals surface area contributed by atoms with Crippen molar-refractivity contribution in [1.82, 2.24) is 4.57 Å². The normalized spacial score (nSPS) is 12.8. The van der Waals surface area contributed by atoms with E-state index in [0.717, 1.165) is 39.5 Å². The first-order chi connectivity index (χ1) is 16.8. The number of hydrogen-bond acceptors (Lipinski definition) is 3. The molecule has 7 heteroatoms. The van der Waals surface area contributed by atoms with Gasteiger partial charge in [-0.15, -0.1) is 0 Å². The summed E-state index contributed by atoms with van der Waals surface area (Å²) < 4.78 is 43.9. The monoisotopic (exact) mass is 488 g/mol. The Hall–Kier alpha value is -3.68. The summed E-state index contributed by atoms with van der Waals surface area (Å²) in [5.74, 6) is -0.516. The van der Waals surface area contributed by atoms with E-state index in [1.54, 1.807) is 18.2 Å². The number of benzene rings is 4. The summed E-state index contributed by atoms with van der Waals surface area (Å²) in [5, 5.41) is 13.4. The molecule has 0 saturated heterocycles. The third-order valence-corrected chi connectivity index (χ3v) is 7.95. The number of aliphatic hydroxyl groups is 1. The van der Waals surface area contributed by atoms with Gasteiger partial charge < -0.3 is 9.67 Å². The number of hydrogen-bond donors (Lipinski definition) is 1. The van der Waals surface area contributed by atoms with E-state index in [4.69, 9.17) is 0 Å². The third-order valence-electron chi connectivity index (χ3n) is 6.14. The van der Waals surface area contributed by atoms with E-state index in [0.29, 0.717) is 5.69 Å². The van der Waals surface area contributed by atoms with E-state index in [-0.39, 0.29) is 18.0 Å². The maximum absolute atomic E-state index is 13.6. The summed E-state index contributed by atoms with van der Waals surface area (Å²) in [4.78, 5) is -0.0375. The lowest BCUT2D eigenvalue weighted by molar-refractivity contribution is 0.166. The fraction of sp³-hybridized carbons (Fsp3) is 0.143. The molecule has 0 fully saturated rings. The van der Waals surface area contributed by atoms with Crippen molar-refractivity contribution in [2.75, 3.05) is 10.8 Å². The second-order valence-electron chi connectivity index (χ2n) is 8.63. The van der Waals surface area contributed by atoms with Gasteiger partial charge in [-0.3, -0.25) is 4.31 Å². The van der Waals surface area contributed by atoms with Crippen LogP contribution in [-0.4, -0.2) is 30.7 Å². The standard InChI is InChI=1S/C28H25FN2O3S/c1-20-7-6-8-22(17-20)31(35(33,34)24-15-13-21(29)14-16-24)19-23(32)18-30-27-11-4-2-9-25(27)26-10-3-5-12-28(26)30/h2-17,23,32H,18-19H2,1H3/t23-/m0/s1. The summed E-state index contributed by atoms with van der Waals surface area (Å²) in [7, 11) is -4.05. The van der Waals surface area contributed by atoms with Crippen LogP contribution >= 0.6 is 0 Å². The number of aryl methyl sites for hydroxylation is 1. The molecule has 0 radical (unpaired) electrons. The zero-order chi connectivity index (χ0) is 24.6.